The number of hydrogen-bond donors (Lipinski definition) is 0. The van der Waals surface area contributed by atoms with Gasteiger partial charge >= 0.3 is 0 Å². The van der Waals surface area contributed by atoms with E-state index in [-0.39, 0.29) is 5.41 Å². The third kappa shape index (κ3) is 4.65. The first-order chi connectivity index (χ1) is 6.88. The molecule has 88 valence electrons. The minimum Gasteiger partial charge on any atom is -0.340 e. The van der Waals surface area contributed by atoms with Crippen molar-refractivity contribution in [1.29, 1.82) is 0 Å². The van der Waals surface area contributed by atoms with Gasteiger partial charge < -0.3 is 9.80 Å². The number of rotatable bonds is 2. The first kappa shape index (κ1) is 12.5. The van der Waals surface area contributed by atoms with Gasteiger partial charge in [-0.15, -0.1) is 0 Å². The summed E-state index contributed by atoms with van der Waals surface area (Å²) < 4.78 is 0. The Morgan fingerprint density at radius 1 is 1.13 bits per heavy atom. The van der Waals surface area contributed by atoms with Gasteiger partial charge in [0.1, 0.15) is 0 Å². The molecule has 3 nitrogen and oxygen atoms in total. The molecule has 1 aliphatic rings. The summed E-state index contributed by atoms with van der Waals surface area (Å²) in [5.74, 6) is 0.332. The molecule has 3 heteroatoms. The van der Waals surface area contributed by atoms with Crippen LogP contribution in [-0.4, -0.2) is 48.9 Å². The maximum absolute atomic E-state index is 11.9. The van der Waals surface area contributed by atoms with E-state index in [1.807, 2.05) is 4.90 Å². The summed E-state index contributed by atoms with van der Waals surface area (Å²) in [5, 5.41) is 0. The standard InChI is InChI=1S/C12H24N2O/c1-12(2,3)6-5-11(15)14-9-7-13(4)8-10-14/h5-10H2,1-4H3. The number of nitrogens with zero attached hydrogens (tertiary/aromatic N) is 2. The molecule has 1 aliphatic heterocycles. The molecule has 1 rings (SSSR count). The minimum absolute atomic E-state index is 0.266. The van der Waals surface area contributed by atoms with Crippen LogP contribution in [0.3, 0.4) is 0 Å². The molecule has 0 saturated carbocycles. The molecule has 0 N–H and O–H groups in total. The minimum atomic E-state index is 0.266. The summed E-state index contributed by atoms with van der Waals surface area (Å²) in [6.07, 6.45) is 1.69. The summed E-state index contributed by atoms with van der Waals surface area (Å²) >= 11 is 0. The van der Waals surface area contributed by atoms with Crippen molar-refractivity contribution in [3.8, 4) is 0 Å². The zero-order valence-electron chi connectivity index (χ0n) is 10.5. The smallest absolute Gasteiger partial charge is 0.222 e. The third-order valence-corrected chi connectivity index (χ3v) is 2.94. The lowest BCUT2D eigenvalue weighted by Gasteiger charge is -2.33. The lowest BCUT2D eigenvalue weighted by Crippen LogP contribution is -2.47. The van der Waals surface area contributed by atoms with Gasteiger partial charge in [-0.25, -0.2) is 0 Å². The molecule has 0 spiro atoms. The van der Waals surface area contributed by atoms with E-state index in [2.05, 4.69) is 32.7 Å². The van der Waals surface area contributed by atoms with E-state index < -0.39 is 0 Å². The van der Waals surface area contributed by atoms with Crippen LogP contribution < -0.4 is 0 Å². The van der Waals surface area contributed by atoms with Crippen LogP contribution in [0.25, 0.3) is 0 Å². The van der Waals surface area contributed by atoms with E-state index in [4.69, 9.17) is 0 Å². The number of amides is 1. The van der Waals surface area contributed by atoms with Crippen LogP contribution in [0, 0.1) is 5.41 Å². The SMILES string of the molecule is CN1CCN(C(=O)CCC(C)(C)C)CC1. The molecule has 0 atom stereocenters. The number of piperazine rings is 1. The van der Waals surface area contributed by atoms with Crippen LogP contribution in [0.15, 0.2) is 0 Å². The highest BCUT2D eigenvalue weighted by Crippen LogP contribution is 2.21. The van der Waals surface area contributed by atoms with Gasteiger partial charge in [-0.2, -0.15) is 0 Å². The van der Waals surface area contributed by atoms with Crippen LogP contribution in [-0.2, 0) is 4.79 Å². The van der Waals surface area contributed by atoms with Crippen molar-refractivity contribution in [1.82, 2.24) is 9.80 Å². The van der Waals surface area contributed by atoms with E-state index in [0.717, 1.165) is 32.6 Å². The Hall–Kier alpha value is -0.570. The van der Waals surface area contributed by atoms with E-state index in [1.54, 1.807) is 0 Å². The third-order valence-electron chi connectivity index (χ3n) is 2.94. The van der Waals surface area contributed by atoms with Crippen LogP contribution in [0.4, 0.5) is 0 Å². The van der Waals surface area contributed by atoms with Gasteiger partial charge in [-0.3, -0.25) is 4.79 Å². The lowest BCUT2D eigenvalue weighted by atomic mass is 9.90. The predicted octanol–water partition coefficient (Wildman–Crippen LogP) is 1.59. The molecular weight excluding hydrogens is 188 g/mol. The quantitative estimate of drug-likeness (QED) is 0.694. The van der Waals surface area contributed by atoms with Crippen molar-refractivity contribution in [3.05, 3.63) is 0 Å². The van der Waals surface area contributed by atoms with E-state index in [9.17, 15) is 4.79 Å². The van der Waals surface area contributed by atoms with Gasteiger partial charge in [-0.1, -0.05) is 20.8 Å². The Balaban J connectivity index is 2.29. The van der Waals surface area contributed by atoms with Crippen molar-refractivity contribution in [2.45, 2.75) is 33.6 Å². The monoisotopic (exact) mass is 212 g/mol. The number of carbonyl (C=O) groups is 1. The Morgan fingerprint density at radius 2 is 1.67 bits per heavy atom. The molecule has 15 heavy (non-hydrogen) atoms. The van der Waals surface area contributed by atoms with Crippen molar-refractivity contribution in [3.63, 3.8) is 0 Å². The highest BCUT2D eigenvalue weighted by atomic mass is 16.2. The molecule has 0 aromatic heterocycles. The zero-order chi connectivity index (χ0) is 11.5. The Labute approximate surface area is 93.4 Å². The van der Waals surface area contributed by atoms with Crippen LogP contribution in [0.2, 0.25) is 0 Å². The van der Waals surface area contributed by atoms with Crippen molar-refractivity contribution in [2.75, 3.05) is 33.2 Å². The van der Waals surface area contributed by atoms with Gasteiger partial charge in [0.15, 0.2) is 0 Å². The molecule has 0 radical (unpaired) electrons. The topological polar surface area (TPSA) is 23.6 Å². The van der Waals surface area contributed by atoms with Crippen LogP contribution in [0.1, 0.15) is 33.6 Å². The molecule has 0 bridgehead atoms. The number of hydrogen-bond acceptors (Lipinski definition) is 2. The van der Waals surface area contributed by atoms with Crippen LogP contribution in [0.5, 0.6) is 0 Å². The van der Waals surface area contributed by atoms with Gasteiger partial charge in [0.05, 0.1) is 0 Å². The largest absolute Gasteiger partial charge is 0.340 e. The zero-order valence-corrected chi connectivity index (χ0v) is 10.5. The second-order valence-corrected chi connectivity index (χ2v) is 5.74. The summed E-state index contributed by atoms with van der Waals surface area (Å²) in [6.45, 7) is 10.4. The van der Waals surface area contributed by atoms with Crippen molar-refractivity contribution < 1.29 is 4.79 Å². The highest BCUT2D eigenvalue weighted by Gasteiger charge is 2.20. The van der Waals surface area contributed by atoms with E-state index in [1.165, 1.54) is 0 Å². The van der Waals surface area contributed by atoms with Gasteiger partial charge in [0, 0.05) is 32.6 Å². The summed E-state index contributed by atoms with van der Waals surface area (Å²) in [6, 6.07) is 0. The van der Waals surface area contributed by atoms with Gasteiger partial charge in [0.2, 0.25) is 5.91 Å². The predicted molar refractivity (Wildman–Crippen MR) is 62.8 cm³/mol. The molecule has 1 saturated heterocycles. The van der Waals surface area contributed by atoms with E-state index in [0.29, 0.717) is 12.3 Å². The second kappa shape index (κ2) is 4.97. The molecule has 0 aromatic carbocycles. The first-order valence-corrected chi connectivity index (χ1v) is 5.85. The maximum atomic E-state index is 11.9. The average Bonchev–Trinajstić information content (AvgIpc) is 2.14. The molecule has 1 fully saturated rings. The van der Waals surface area contributed by atoms with Gasteiger partial charge in [-0.05, 0) is 18.9 Å². The molecule has 1 amide bonds. The summed E-state index contributed by atoms with van der Waals surface area (Å²) in [4.78, 5) is 16.1. The molecular formula is C12H24N2O. The molecule has 0 aromatic rings. The molecule has 0 unspecified atom stereocenters. The van der Waals surface area contributed by atoms with Crippen molar-refractivity contribution >= 4 is 5.91 Å². The Kier molecular flexibility index (Phi) is 4.14. The average molecular weight is 212 g/mol. The molecule has 0 aliphatic carbocycles. The Morgan fingerprint density at radius 3 is 2.13 bits per heavy atom. The highest BCUT2D eigenvalue weighted by molar-refractivity contribution is 5.76. The van der Waals surface area contributed by atoms with Crippen LogP contribution >= 0.6 is 0 Å². The number of carbonyl (C=O) groups excluding carboxylic acids is 1. The fraction of sp³-hybridized carbons (Fsp3) is 0.917. The fourth-order valence-electron chi connectivity index (χ4n) is 1.70. The first-order valence-electron chi connectivity index (χ1n) is 5.85. The summed E-state index contributed by atoms with van der Waals surface area (Å²) in [7, 11) is 2.11. The lowest BCUT2D eigenvalue weighted by molar-refractivity contribution is -0.133. The van der Waals surface area contributed by atoms with E-state index >= 15 is 0 Å². The fourth-order valence-corrected chi connectivity index (χ4v) is 1.70. The number of likely N-dealkylation sites (N-methyl/N-ethyl adjacent to an activating group) is 1. The summed E-state index contributed by atoms with van der Waals surface area (Å²) in [5.41, 5.74) is 0.266. The Bertz CT molecular complexity index is 212. The van der Waals surface area contributed by atoms with Crippen molar-refractivity contribution in [2.24, 2.45) is 5.41 Å². The molecule has 1 heterocycles. The second-order valence-electron chi connectivity index (χ2n) is 5.74. The normalized spacial score (nSPS) is 19.3. The maximum Gasteiger partial charge on any atom is 0.222 e. The van der Waals surface area contributed by atoms with Gasteiger partial charge in [0.25, 0.3) is 0 Å².